The lowest BCUT2D eigenvalue weighted by molar-refractivity contribution is -0.116. The first-order valence-corrected chi connectivity index (χ1v) is 5.21. The number of carbonyl (C=O) groups is 1. The number of furan rings is 1. The van der Waals surface area contributed by atoms with Crippen molar-refractivity contribution in [3.05, 3.63) is 48.2 Å². The first kappa shape index (κ1) is 11.2. The lowest BCUT2D eigenvalue weighted by Gasteiger charge is -1.97. The maximum Gasteiger partial charge on any atom is 0.244 e. The molecule has 5 heteroatoms. The molecule has 0 spiro atoms. The molecule has 2 heterocycles. The van der Waals surface area contributed by atoms with Gasteiger partial charge in [0, 0.05) is 24.9 Å². The van der Waals surface area contributed by atoms with E-state index in [1.165, 1.54) is 6.08 Å². The third kappa shape index (κ3) is 3.34. The molecule has 5 nitrogen and oxygen atoms in total. The summed E-state index contributed by atoms with van der Waals surface area (Å²) in [5.41, 5.74) is 0.889. The molecule has 1 N–H and O–H groups in total. The van der Waals surface area contributed by atoms with Gasteiger partial charge >= 0.3 is 0 Å². The molecule has 0 aliphatic heterocycles. The molecule has 17 heavy (non-hydrogen) atoms. The molecule has 2 aromatic rings. The smallest absolute Gasteiger partial charge is 0.244 e. The summed E-state index contributed by atoms with van der Waals surface area (Å²) < 4.78 is 6.78. The normalized spacial score (nSPS) is 10.9. The number of aryl methyl sites for hydroxylation is 1. The van der Waals surface area contributed by atoms with Gasteiger partial charge in [-0.2, -0.15) is 5.10 Å². The van der Waals surface area contributed by atoms with Gasteiger partial charge in [0.1, 0.15) is 5.76 Å². The second-order valence-electron chi connectivity index (χ2n) is 3.58. The number of nitrogens with zero attached hydrogens (tertiary/aromatic N) is 2. The summed E-state index contributed by atoms with van der Waals surface area (Å²) >= 11 is 0. The summed E-state index contributed by atoms with van der Waals surface area (Å²) in [5, 5.41) is 6.72. The van der Waals surface area contributed by atoms with E-state index < -0.39 is 0 Å². The highest BCUT2D eigenvalue weighted by molar-refractivity contribution is 5.91. The van der Waals surface area contributed by atoms with Crippen molar-refractivity contribution in [2.45, 2.75) is 6.54 Å². The highest BCUT2D eigenvalue weighted by Crippen LogP contribution is 2.00. The van der Waals surface area contributed by atoms with Crippen LogP contribution in [0.5, 0.6) is 0 Å². The Hall–Kier alpha value is -2.30. The van der Waals surface area contributed by atoms with Crippen molar-refractivity contribution in [3.63, 3.8) is 0 Å². The van der Waals surface area contributed by atoms with Crippen molar-refractivity contribution in [1.82, 2.24) is 15.1 Å². The molecule has 0 aliphatic carbocycles. The quantitative estimate of drug-likeness (QED) is 0.808. The Morgan fingerprint density at radius 3 is 3.18 bits per heavy atom. The van der Waals surface area contributed by atoms with Gasteiger partial charge in [-0.05, 0) is 18.2 Å². The SMILES string of the molecule is Cn1cc(/C=C/C(=O)NCc2ccco2)cn1. The van der Waals surface area contributed by atoms with E-state index in [1.54, 1.807) is 29.3 Å². The molecule has 0 aromatic carbocycles. The van der Waals surface area contributed by atoms with E-state index in [1.807, 2.05) is 19.3 Å². The second kappa shape index (κ2) is 5.16. The van der Waals surface area contributed by atoms with Gasteiger partial charge in [-0.3, -0.25) is 9.48 Å². The van der Waals surface area contributed by atoms with E-state index in [-0.39, 0.29) is 5.91 Å². The van der Waals surface area contributed by atoms with Gasteiger partial charge in [0.05, 0.1) is 19.0 Å². The average molecular weight is 231 g/mol. The Morgan fingerprint density at radius 1 is 1.65 bits per heavy atom. The summed E-state index contributed by atoms with van der Waals surface area (Å²) in [4.78, 5) is 11.5. The Labute approximate surface area is 98.7 Å². The van der Waals surface area contributed by atoms with Gasteiger partial charge in [0.2, 0.25) is 5.91 Å². The van der Waals surface area contributed by atoms with Crippen molar-refractivity contribution in [1.29, 1.82) is 0 Å². The van der Waals surface area contributed by atoms with E-state index in [2.05, 4.69) is 10.4 Å². The van der Waals surface area contributed by atoms with E-state index >= 15 is 0 Å². The summed E-state index contributed by atoms with van der Waals surface area (Å²) in [6.45, 7) is 0.392. The highest BCUT2D eigenvalue weighted by atomic mass is 16.3. The summed E-state index contributed by atoms with van der Waals surface area (Å²) in [5.74, 6) is 0.568. The predicted molar refractivity (Wildman–Crippen MR) is 62.8 cm³/mol. The van der Waals surface area contributed by atoms with Crippen LogP contribution in [0.1, 0.15) is 11.3 Å². The fourth-order valence-corrected chi connectivity index (χ4v) is 1.34. The third-order valence-corrected chi connectivity index (χ3v) is 2.17. The monoisotopic (exact) mass is 231 g/mol. The molecule has 1 amide bonds. The molecular weight excluding hydrogens is 218 g/mol. The standard InChI is InChI=1S/C12H13N3O2/c1-15-9-10(7-14-15)4-5-12(16)13-8-11-3-2-6-17-11/h2-7,9H,8H2,1H3,(H,13,16)/b5-4+. The van der Waals surface area contributed by atoms with Crippen LogP contribution < -0.4 is 5.32 Å². The van der Waals surface area contributed by atoms with Crippen LogP contribution in [-0.2, 0) is 18.4 Å². The number of hydrogen-bond donors (Lipinski definition) is 1. The molecule has 0 saturated heterocycles. The molecule has 0 atom stereocenters. The molecule has 0 bridgehead atoms. The fourth-order valence-electron chi connectivity index (χ4n) is 1.34. The molecule has 0 unspecified atom stereocenters. The van der Waals surface area contributed by atoms with E-state index in [0.29, 0.717) is 6.54 Å². The lowest BCUT2D eigenvalue weighted by atomic mass is 10.3. The second-order valence-corrected chi connectivity index (χ2v) is 3.58. The molecule has 2 rings (SSSR count). The summed E-state index contributed by atoms with van der Waals surface area (Å²) in [6, 6.07) is 3.60. The Morgan fingerprint density at radius 2 is 2.53 bits per heavy atom. The van der Waals surface area contributed by atoms with E-state index in [0.717, 1.165) is 11.3 Å². The van der Waals surface area contributed by atoms with Crippen molar-refractivity contribution < 1.29 is 9.21 Å². The first-order chi connectivity index (χ1) is 8.24. The minimum atomic E-state index is -0.162. The topological polar surface area (TPSA) is 60.1 Å². The minimum absolute atomic E-state index is 0.162. The van der Waals surface area contributed by atoms with Crippen LogP contribution in [0.25, 0.3) is 6.08 Å². The van der Waals surface area contributed by atoms with Crippen molar-refractivity contribution in [2.75, 3.05) is 0 Å². The Bertz CT molecular complexity index is 512. The van der Waals surface area contributed by atoms with E-state index in [4.69, 9.17) is 4.42 Å². The minimum Gasteiger partial charge on any atom is -0.467 e. The Balaban J connectivity index is 1.83. The van der Waals surface area contributed by atoms with Crippen LogP contribution >= 0.6 is 0 Å². The molecule has 0 radical (unpaired) electrons. The van der Waals surface area contributed by atoms with Crippen LogP contribution in [0.4, 0.5) is 0 Å². The molecule has 2 aromatic heterocycles. The maximum atomic E-state index is 11.5. The zero-order chi connectivity index (χ0) is 12.1. The third-order valence-electron chi connectivity index (χ3n) is 2.17. The number of aromatic nitrogens is 2. The Kier molecular flexibility index (Phi) is 3.40. The summed E-state index contributed by atoms with van der Waals surface area (Å²) in [7, 11) is 1.83. The zero-order valence-corrected chi connectivity index (χ0v) is 9.46. The molecule has 0 fully saturated rings. The van der Waals surface area contributed by atoms with Crippen LogP contribution in [0.2, 0.25) is 0 Å². The van der Waals surface area contributed by atoms with Gasteiger partial charge in [0.25, 0.3) is 0 Å². The molecular formula is C12H13N3O2. The van der Waals surface area contributed by atoms with Gasteiger partial charge < -0.3 is 9.73 Å². The number of rotatable bonds is 4. The number of amides is 1. The average Bonchev–Trinajstić information content (AvgIpc) is 2.95. The van der Waals surface area contributed by atoms with Crippen molar-refractivity contribution in [3.8, 4) is 0 Å². The molecule has 0 saturated carbocycles. The first-order valence-electron chi connectivity index (χ1n) is 5.21. The van der Waals surface area contributed by atoms with E-state index in [9.17, 15) is 4.79 Å². The van der Waals surface area contributed by atoms with Gasteiger partial charge in [-0.15, -0.1) is 0 Å². The number of hydrogen-bond acceptors (Lipinski definition) is 3. The van der Waals surface area contributed by atoms with Crippen LogP contribution in [-0.4, -0.2) is 15.7 Å². The van der Waals surface area contributed by atoms with Crippen molar-refractivity contribution >= 4 is 12.0 Å². The van der Waals surface area contributed by atoms with Gasteiger partial charge in [-0.1, -0.05) is 0 Å². The van der Waals surface area contributed by atoms with Crippen LogP contribution in [0, 0.1) is 0 Å². The lowest BCUT2D eigenvalue weighted by Crippen LogP contribution is -2.19. The van der Waals surface area contributed by atoms with Crippen molar-refractivity contribution in [2.24, 2.45) is 7.05 Å². The molecule has 88 valence electrons. The highest BCUT2D eigenvalue weighted by Gasteiger charge is 1.98. The number of carbonyl (C=O) groups excluding carboxylic acids is 1. The van der Waals surface area contributed by atoms with Gasteiger partial charge in [0.15, 0.2) is 0 Å². The maximum absolute atomic E-state index is 11.5. The number of nitrogens with one attached hydrogen (secondary N) is 1. The zero-order valence-electron chi connectivity index (χ0n) is 9.46. The summed E-state index contributed by atoms with van der Waals surface area (Å²) in [6.07, 6.45) is 8.28. The molecule has 0 aliphatic rings. The predicted octanol–water partition coefficient (Wildman–Crippen LogP) is 1.34. The van der Waals surface area contributed by atoms with Gasteiger partial charge in [-0.25, -0.2) is 0 Å². The van der Waals surface area contributed by atoms with Crippen LogP contribution in [0.15, 0.2) is 41.3 Å². The largest absolute Gasteiger partial charge is 0.467 e. The fraction of sp³-hybridized carbons (Fsp3) is 0.167. The van der Waals surface area contributed by atoms with Crippen LogP contribution in [0.3, 0.4) is 0 Å².